The Morgan fingerprint density at radius 1 is 1.04 bits per heavy atom. The molecular formula is C18H19N3O5S2. The molecule has 0 fully saturated rings. The number of hydrogen-bond acceptors (Lipinski definition) is 7. The number of nitrogens with zero attached hydrogens (tertiary/aromatic N) is 2. The van der Waals surface area contributed by atoms with E-state index in [0.29, 0.717) is 5.56 Å². The van der Waals surface area contributed by atoms with Crippen molar-refractivity contribution in [1.29, 1.82) is 0 Å². The summed E-state index contributed by atoms with van der Waals surface area (Å²) in [6.07, 6.45) is 2.93. The average molecular weight is 422 g/mol. The van der Waals surface area contributed by atoms with Gasteiger partial charge in [-0.1, -0.05) is 29.4 Å². The van der Waals surface area contributed by atoms with Crippen molar-refractivity contribution in [2.75, 3.05) is 6.54 Å². The van der Waals surface area contributed by atoms with Crippen LogP contribution in [0.1, 0.15) is 22.3 Å². The lowest BCUT2D eigenvalue weighted by Gasteiger charge is -2.18. The lowest BCUT2D eigenvalue weighted by molar-refractivity contribution is 0.390. The number of sulfonamides is 1. The van der Waals surface area contributed by atoms with Crippen LogP contribution in [0.3, 0.4) is 0 Å². The molecule has 148 valence electrons. The van der Waals surface area contributed by atoms with E-state index in [1.165, 1.54) is 38.4 Å². The molecule has 1 aromatic carbocycles. The standard InChI is InChI=1S/C18H19N3O5S2/c1-13-18(14(2)26-21-13)28(24,25)20-12-17(15-7-6-10-19-11-15)27(22,23)16-8-4-3-5-9-16/h3-11,17,20H,12H2,1-2H3/t17-/m1/s1. The molecular weight excluding hydrogens is 402 g/mol. The fraction of sp³-hybridized carbons (Fsp3) is 0.222. The zero-order valence-electron chi connectivity index (χ0n) is 15.2. The first-order valence-corrected chi connectivity index (χ1v) is 11.4. The Balaban J connectivity index is 1.98. The number of nitrogens with one attached hydrogen (secondary N) is 1. The highest BCUT2D eigenvalue weighted by Crippen LogP contribution is 2.29. The van der Waals surface area contributed by atoms with Crippen molar-refractivity contribution in [3.05, 3.63) is 71.9 Å². The maximum absolute atomic E-state index is 13.2. The van der Waals surface area contributed by atoms with Crippen molar-refractivity contribution >= 4 is 19.9 Å². The normalized spacial score (nSPS) is 13.4. The second-order valence-electron chi connectivity index (χ2n) is 6.14. The maximum Gasteiger partial charge on any atom is 0.246 e. The summed E-state index contributed by atoms with van der Waals surface area (Å²) in [5.41, 5.74) is 0.585. The number of aromatic nitrogens is 2. The molecule has 0 aliphatic rings. The van der Waals surface area contributed by atoms with Gasteiger partial charge in [0.05, 0.1) is 4.90 Å². The Morgan fingerprint density at radius 3 is 2.32 bits per heavy atom. The van der Waals surface area contributed by atoms with Crippen molar-refractivity contribution in [2.24, 2.45) is 0 Å². The summed E-state index contributed by atoms with van der Waals surface area (Å²) in [6, 6.07) is 11.1. The topological polar surface area (TPSA) is 119 Å². The minimum atomic E-state index is -4.01. The van der Waals surface area contributed by atoms with E-state index in [4.69, 9.17) is 4.52 Å². The molecule has 0 aliphatic heterocycles. The van der Waals surface area contributed by atoms with Crippen LogP contribution < -0.4 is 4.72 Å². The molecule has 3 aromatic rings. The van der Waals surface area contributed by atoms with Crippen LogP contribution in [-0.4, -0.2) is 33.5 Å². The molecule has 2 aromatic heterocycles. The molecule has 8 nitrogen and oxygen atoms in total. The number of sulfone groups is 1. The largest absolute Gasteiger partial charge is 0.360 e. The maximum atomic E-state index is 13.2. The molecule has 0 unspecified atom stereocenters. The Hall–Kier alpha value is -2.56. The molecule has 0 amide bonds. The molecule has 0 saturated carbocycles. The van der Waals surface area contributed by atoms with Crippen molar-refractivity contribution in [3.63, 3.8) is 0 Å². The van der Waals surface area contributed by atoms with E-state index in [9.17, 15) is 16.8 Å². The van der Waals surface area contributed by atoms with Gasteiger partial charge in [0.25, 0.3) is 0 Å². The van der Waals surface area contributed by atoms with E-state index in [2.05, 4.69) is 14.9 Å². The molecule has 1 atom stereocenters. The van der Waals surface area contributed by atoms with Crippen LogP contribution in [0.2, 0.25) is 0 Å². The Bertz CT molecular complexity index is 1140. The third kappa shape index (κ3) is 3.98. The SMILES string of the molecule is Cc1noc(C)c1S(=O)(=O)NC[C@H](c1cccnc1)S(=O)(=O)c1ccccc1. The van der Waals surface area contributed by atoms with Crippen LogP contribution in [0.4, 0.5) is 0 Å². The van der Waals surface area contributed by atoms with Crippen LogP contribution >= 0.6 is 0 Å². The number of hydrogen-bond donors (Lipinski definition) is 1. The highest BCUT2D eigenvalue weighted by molar-refractivity contribution is 7.92. The van der Waals surface area contributed by atoms with Crippen molar-refractivity contribution in [1.82, 2.24) is 14.9 Å². The first-order valence-electron chi connectivity index (χ1n) is 8.35. The summed E-state index contributed by atoms with van der Waals surface area (Å²) in [4.78, 5) is 3.98. The first kappa shape index (κ1) is 20.2. The van der Waals surface area contributed by atoms with Crippen LogP contribution in [0.15, 0.2) is 69.2 Å². The number of pyridine rings is 1. The first-order chi connectivity index (χ1) is 13.2. The summed E-state index contributed by atoms with van der Waals surface area (Å²) < 4.78 is 59.1. The highest BCUT2D eigenvalue weighted by Gasteiger charge is 2.32. The highest BCUT2D eigenvalue weighted by atomic mass is 32.2. The molecule has 28 heavy (non-hydrogen) atoms. The van der Waals surface area contributed by atoms with Crippen LogP contribution in [0.25, 0.3) is 0 Å². The lowest BCUT2D eigenvalue weighted by atomic mass is 10.2. The molecule has 0 saturated heterocycles. The van der Waals surface area contributed by atoms with Gasteiger partial charge in [-0.15, -0.1) is 0 Å². The molecule has 0 bridgehead atoms. The van der Waals surface area contributed by atoms with Gasteiger partial charge in [-0.05, 0) is 37.6 Å². The van der Waals surface area contributed by atoms with Gasteiger partial charge in [0.1, 0.15) is 15.8 Å². The fourth-order valence-electron chi connectivity index (χ4n) is 2.86. The van der Waals surface area contributed by atoms with Gasteiger partial charge in [-0.3, -0.25) is 4.98 Å². The number of aryl methyl sites for hydroxylation is 2. The predicted octanol–water partition coefficient (Wildman–Crippen LogP) is 2.18. The summed E-state index contributed by atoms with van der Waals surface area (Å²) in [6.45, 7) is 2.62. The number of rotatable bonds is 7. The zero-order valence-corrected chi connectivity index (χ0v) is 16.9. The average Bonchev–Trinajstić information content (AvgIpc) is 3.02. The van der Waals surface area contributed by atoms with Gasteiger partial charge in [0, 0.05) is 18.9 Å². The van der Waals surface area contributed by atoms with Crippen LogP contribution in [-0.2, 0) is 19.9 Å². The minimum absolute atomic E-state index is 0.0884. The predicted molar refractivity (Wildman–Crippen MR) is 102 cm³/mol. The van der Waals surface area contributed by atoms with E-state index in [-0.39, 0.29) is 27.8 Å². The molecule has 10 heteroatoms. The van der Waals surface area contributed by atoms with Gasteiger partial charge in [0.15, 0.2) is 15.6 Å². The number of benzene rings is 1. The monoisotopic (exact) mass is 421 g/mol. The smallest absolute Gasteiger partial charge is 0.246 e. The Kier molecular flexibility index (Phi) is 5.64. The summed E-state index contributed by atoms with van der Waals surface area (Å²) >= 11 is 0. The van der Waals surface area contributed by atoms with E-state index in [1.54, 1.807) is 30.3 Å². The third-order valence-corrected chi connectivity index (χ3v) is 7.98. The summed E-state index contributed by atoms with van der Waals surface area (Å²) in [7, 11) is -7.89. The minimum Gasteiger partial charge on any atom is -0.360 e. The van der Waals surface area contributed by atoms with E-state index < -0.39 is 25.1 Å². The summed E-state index contributed by atoms with van der Waals surface area (Å²) in [5, 5.41) is 2.49. The van der Waals surface area contributed by atoms with E-state index >= 15 is 0 Å². The second-order valence-corrected chi connectivity index (χ2v) is 9.97. The summed E-state index contributed by atoms with van der Waals surface area (Å²) in [5.74, 6) is 0.133. The third-order valence-electron chi connectivity index (χ3n) is 4.20. The molecule has 3 rings (SSSR count). The molecule has 0 aliphatic carbocycles. The Morgan fingerprint density at radius 2 is 1.75 bits per heavy atom. The van der Waals surface area contributed by atoms with E-state index in [1.807, 2.05) is 0 Å². The molecule has 2 heterocycles. The zero-order chi connectivity index (χ0) is 20.4. The van der Waals surface area contributed by atoms with Crippen LogP contribution in [0.5, 0.6) is 0 Å². The van der Waals surface area contributed by atoms with Gasteiger partial charge in [-0.2, -0.15) is 0 Å². The fourth-order valence-corrected chi connectivity index (χ4v) is 6.01. The lowest BCUT2D eigenvalue weighted by Crippen LogP contribution is -2.32. The molecule has 1 N–H and O–H groups in total. The Labute approximate surface area is 163 Å². The van der Waals surface area contributed by atoms with Crippen molar-refractivity contribution < 1.29 is 21.4 Å². The van der Waals surface area contributed by atoms with E-state index in [0.717, 1.165) is 0 Å². The van der Waals surface area contributed by atoms with Gasteiger partial charge in [-0.25, -0.2) is 21.6 Å². The molecule has 0 spiro atoms. The van der Waals surface area contributed by atoms with Gasteiger partial charge >= 0.3 is 0 Å². The van der Waals surface area contributed by atoms with Crippen LogP contribution in [0, 0.1) is 13.8 Å². The van der Waals surface area contributed by atoms with Crippen molar-refractivity contribution in [3.8, 4) is 0 Å². The van der Waals surface area contributed by atoms with Gasteiger partial charge < -0.3 is 4.52 Å². The second kappa shape index (κ2) is 7.82. The molecule has 0 radical (unpaired) electrons. The van der Waals surface area contributed by atoms with Crippen molar-refractivity contribution in [2.45, 2.75) is 28.9 Å². The van der Waals surface area contributed by atoms with Gasteiger partial charge in [0.2, 0.25) is 10.0 Å². The quantitative estimate of drug-likeness (QED) is 0.621.